The van der Waals surface area contributed by atoms with E-state index in [-0.39, 0.29) is 68.1 Å². The maximum absolute atomic E-state index is 14.3. The monoisotopic (exact) mass is 1500 g/mol. The van der Waals surface area contributed by atoms with E-state index in [2.05, 4.69) is 69.0 Å². The number of rotatable bonds is 21. The third-order valence-corrected chi connectivity index (χ3v) is 18.4. The quantitative estimate of drug-likeness (QED) is 0.0177. The number of sulfonamides is 2. The van der Waals surface area contributed by atoms with E-state index in [1.807, 2.05) is 5.32 Å². The van der Waals surface area contributed by atoms with Crippen LogP contribution < -0.4 is 54.2 Å². The van der Waals surface area contributed by atoms with Crippen LogP contribution in [0.2, 0.25) is 5.02 Å². The van der Waals surface area contributed by atoms with E-state index in [1.165, 1.54) is 78.7 Å². The SMILES string of the molecule is CCS(=O)(=O)c1cccnc1S(=O)(=O)NC(=O)Nc1nc(OC)cc(OC)n1.COC(=O)CSc1cc(N=c2sc(=O)n3n2CCCC3)c(F)cc1Cl.COc1nc(C)nc(NC(=O)NS(=O)(=O)c2ccccc2CCC(F)(F)F)n1.C[S+](C)C.O=C(O)CNCP(=O)([O-])O. The van der Waals surface area contributed by atoms with Crippen LogP contribution in [0.1, 0.15) is 37.6 Å². The maximum Gasteiger partial charge on any atom is 0.389 e. The molecule has 45 heteroatoms. The van der Waals surface area contributed by atoms with E-state index in [4.69, 9.17) is 35.8 Å². The lowest BCUT2D eigenvalue weighted by atomic mass is 10.1. The van der Waals surface area contributed by atoms with Gasteiger partial charge in [-0.15, -0.1) is 11.8 Å². The highest BCUT2D eigenvalue weighted by Gasteiger charge is 2.31. The molecule has 0 spiro atoms. The average molecular weight is 1500 g/mol. The molecule has 4 aromatic heterocycles. The largest absolute Gasteiger partial charge is 0.778 e. The molecule has 0 bridgehead atoms. The van der Waals surface area contributed by atoms with Gasteiger partial charge in [0.25, 0.3) is 20.0 Å². The van der Waals surface area contributed by atoms with E-state index < -0.39 is 114 Å². The number of aliphatic carboxylic acids is 1. The molecule has 1 aliphatic heterocycles. The molecule has 2 aromatic carbocycles. The van der Waals surface area contributed by atoms with Gasteiger partial charge in [0, 0.05) is 30.6 Å². The number of methoxy groups -OCH3 is 4. The van der Waals surface area contributed by atoms with Crippen LogP contribution in [0.3, 0.4) is 0 Å². The standard InChI is InChI=1S/C15H15ClFN3O3S2.C15H16F3N5O4S.C14H17N5O7S2.C3H8NO5P.C3H9S/c1-23-13(21)8-24-12-7-11(10(17)6-9(12)16)18-14-19-4-2-3-5-20(19)15(22)25-14;1-9-19-12(22-14(20-9)27-2)21-13(24)23-28(25,26)11-6-4-3-5-10(11)7-8-15(16,17)18;1-4-27(21,22)9-6-5-7-15-12(9)28(23,24)19-14(20)18-13-16-10(25-2)8-11(17-13)26-3;5-3(6)1-4-2-10(7,8)9;1-4(2)3/h6-7H,2-5,8H2,1H3;3-6H,7-8H2,1-2H3,(H2,19,20,21,22,23,24);5-8H,4H2,1-3H3,(H2,16,17,18,19,20);4H,1-2H2,(H,5,6)(H2,7,8,9);1-3H3/q;;;;+1/p-1. The number of pyridine rings is 1. The zero-order valence-electron chi connectivity index (χ0n) is 51.5. The number of benzene rings is 2. The van der Waals surface area contributed by atoms with Gasteiger partial charge in [-0.05, 0) is 84.3 Å². The zero-order chi connectivity index (χ0) is 71.6. The summed E-state index contributed by atoms with van der Waals surface area (Å²) in [5, 5.41) is 13.6. The maximum atomic E-state index is 14.3. The Kier molecular flexibility index (Phi) is 32.3. The topological polar surface area (TPSA) is 465 Å². The van der Waals surface area contributed by atoms with Crippen molar-refractivity contribution in [1.82, 2.24) is 54.0 Å². The molecule has 0 radical (unpaired) electrons. The number of hydrogen-bond donors (Lipinski definition) is 7. The summed E-state index contributed by atoms with van der Waals surface area (Å²) >= 11 is 8.17. The molecule has 33 nitrogen and oxygen atoms in total. The molecule has 7 rings (SSSR count). The Morgan fingerprint density at radius 2 is 1.41 bits per heavy atom. The van der Waals surface area contributed by atoms with Crippen molar-refractivity contribution in [2.45, 2.75) is 78.5 Å². The van der Waals surface area contributed by atoms with Gasteiger partial charge >= 0.3 is 41.1 Å². The smallest absolute Gasteiger partial charge is 0.389 e. The Morgan fingerprint density at radius 3 is 1.96 bits per heavy atom. The van der Waals surface area contributed by atoms with Gasteiger partial charge in [-0.1, -0.05) is 36.7 Å². The van der Waals surface area contributed by atoms with E-state index >= 15 is 0 Å². The fourth-order valence-electron chi connectivity index (χ4n) is 6.83. The molecule has 1 aliphatic rings. The molecule has 0 saturated carbocycles. The van der Waals surface area contributed by atoms with Gasteiger partial charge in [0.15, 0.2) is 14.9 Å². The van der Waals surface area contributed by atoms with Crippen molar-refractivity contribution in [3.05, 3.63) is 97.5 Å². The van der Waals surface area contributed by atoms with Crippen LogP contribution in [0.4, 0.5) is 44.7 Å². The number of ether oxygens (including phenoxy) is 4. The molecule has 0 fully saturated rings. The van der Waals surface area contributed by atoms with Crippen LogP contribution in [-0.4, -0.2) is 176 Å². The van der Waals surface area contributed by atoms with Crippen molar-refractivity contribution in [3.63, 3.8) is 0 Å². The molecule has 4 amide bonds. The average Bonchev–Trinajstić information content (AvgIpc) is 1.62. The van der Waals surface area contributed by atoms with Crippen LogP contribution >= 0.6 is 42.3 Å². The van der Waals surface area contributed by atoms with Crippen molar-refractivity contribution in [3.8, 4) is 17.8 Å². The van der Waals surface area contributed by atoms with Crippen molar-refractivity contribution < 1.29 is 100 Å². The summed E-state index contributed by atoms with van der Waals surface area (Å²) in [6.45, 7) is 3.70. The first-order chi connectivity index (χ1) is 44.3. The van der Waals surface area contributed by atoms with Crippen LogP contribution in [0.15, 0.2) is 90.3 Å². The van der Waals surface area contributed by atoms with Gasteiger partial charge in [-0.2, -0.15) is 46.5 Å². The fourth-order valence-corrected chi connectivity index (χ4v) is 12.9. The lowest BCUT2D eigenvalue weighted by molar-refractivity contribution is -0.193. The van der Waals surface area contributed by atoms with Crippen molar-refractivity contribution in [2.24, 2.45) is 4.99 Å². The lowest BCUT2D eigenvalue weighted by Gasteiger charge is -2.15. The van der Waals surface area contributed by atoms with Crippen LogP contribution in [0.25, 0.3) is 0 Å². The highest BCUT2D eigenvalue weighted by atomic mass is 35.5. The molecule has 7 N–H and O–H groups in total. The number of carboxylic acid groups (broad SMARTS) is 1. The summed E-state index contributed by atoms with van der Waals surface area (Å²) in [6, 6.07) is 8.93. The molecule has 5 heterocycles. The minimum Gasteiger partial charge on any atom is -0.778 e. The number of esters is 1. The number of carbonyl (C=O) groups excluding carboxylic acids is 3. The number of nitrogens with zero attached hydrogens (tertiary/aromatic N) is 9. The number of fused-ring (bicyclic) bond motifs is 1. The van der Waals surface area contributed by atoms with Gasteiger partial charge in [-0.25, -0.2) is 54.9 Å². The number of carbonyl (C=O) groups is 4. The van der Waals surface area contributed by atoms with E-state index in [1.54, 1.807) is 18.8 Å². The minimum absolute atomic E-state index is 0.0605. The normalized spacial score (nSPS) is 12.7. The fraction of sp³-hybridized carbons (Fsp3) is 0.400. The number of halogens is 5. The number of alkyl halides is 3. The van der Waals surface area contributed by atoms with E-state index in [0.717, 1.165) is 60.3 Å². The predicted octanol–water partition coefficient (Wildman–Crippen LogP) is 3.84. The lowest BCUT2D eigenvalue weighted by Crippen LogP contribution is -2.36. The molecule has 1 unspecified atom stereocenters. The van der Waals surface area contributed by atoms with Crippen molar-refractivity contribution in [1.29, 1.82) is 0 Å². The molecule has 0 aliphatic carbocycles. The number of aryl methyl sites for hydroxylation is 2. The van der Waals surface area contributed by atoms with Crippen LogP contribution in [0, 0.1) is 12.7 Å². The summed E-state index contributed by atoms with van der Waals surface area (Å²) in [6.07, 6.45) is 2.67. The second-order valence-electron chi connectivity index (χ2n) is 18.7. The number of urea groups is 2. The third-order valence-electron chi connectivity index (χ3n) is 10.8. The number of hydrogen-bond acceptors (Lipinski definition) is 27. The summed E-state index contributed by atoms with van der Waals surface area (Å²) in [4.78, 5) is 102. The summed E-state index contributed by atoms with van der Waals surface area (Å²) < 4.78 is 162. The number of thioether (sulfide) groups is 1. The highest BCUT2D eigenvalue weighted by Crippen LogP contribution is 2.34. The summed E-state index contributed by atoms with van der Waals surface area (Å²) in [5.41, 5.74) is 0.0114. The second kappa shape index (κ2) is 37.6. The van der Waals surface area contributed by atoms with Crippen molar-refractivity contribution >= 4 is 125 Å². The molecular formula is C50H64ClF4N14O19PS6. The molecule has 1 atom stereocenters. The Hall–Kier alpha value is -7.61. The first-order valence-corrected chi connectivity index (χ1v) is 37.5. The van der Waals surface area contributed by atoms with Crippen LogP contribution in [-0.2, 0) is 79.2 Å². The Morgan fingerprint density at radius 1 is 0.842 bits per heavy atom. The molecular weight excluding hydrogens is 1440 g/mol. The zero-order valence-corrected chi connectivity index (χ0v) is 58.0. The predicted molar refractivity (Wildman–Crippen MR) is 338 cm³/mol. The summed E-state index contributed by atoms with van der Waals surface area (Å²) in [5.74, 6) is -2.67. The number of sulfone groups is 1. The Labute approximate surface area is 556 Å². The minimum atomic E-state index is -4.61. The first-order valence-electron chi connectivity index (χ1n) is 26.5. The van der Waals surface area contributed by atoms with Crippen LogP contribution in [0.5, 0.6) is 17.8 Å². The Balaban J connectivity index is 0.000000337. The number of amides is 4. The first kappa shape index (κ1) is 81.6. The van der Waals surface area contributed by atoms with E-state index in [9.17, 15) is 76.2 Å². The molecule has 524 valence electrons. The molecule has 6 aromatic rings. The number of nitrogens with one attached hydrogen (secondary N) is 5. The van der Waals surface area contributed by atoms with Gasteiger partial charge in [0.1, 0.15) is 29.8 Å². The second-order valence-corrected chi connectivity index (χ2v) is 30.6. The molecule has 0 saturated heterocycles. The van der Waals surface area contributed by atoms with E-state index in [0.29, 0.717) is 33.7 Å². The third kappa shape index (κ3) is 28.7. The molecule has 95 heavy (non-hydrogen) atoms. The van der Waals surface area contributed by atoms with Gasteiger partial charge < -0.3 is 38.4 Å². The highest BCUT2D eigenvalue weighted by molar-refractivity contribution is 8.00. The Bertz CT molecular complexity index is 4160. The van der Waals surface area contributed by atoms with Gasteiger partial charge in [0.05, 0.1) is 87.5 Å². The number of aromatic nitrogens is 8. The van der Waals surface area contributed by atoms with Gasteiger partial charge in [0.2, 0.25) is 28.5 Å². The van der Waals surface area contributed by atoms with Crippen molar-refractivity contribution in [2.75, 3.05) is 82.2 Å². The van der Waals surface area contributed by atoms with Gasteiger partial charge in [-0.3, -0.25) is 35.0 Å². The number of anilines is 2. The number of carboxylic acids is 1. The summed E-state index contributed by atoms with van der Waals surface area (Å²) in [7, 11) is -11.4.